The first kappa shape index (κ1) is 17.6. The lowest BCUT2D eigenvalue weighted by Crippen LogP contribution is -2.49. The van der Waals surface area contributed by atoms with Crippen LogP contribution < -0.4 is 5.32 Å². The number of hydrogen-bond donors (Lipinski definition) is 1. The van der Waals surface area contributed by atoms with E-state index in [2.05, 4.69) is 31.9 Å². The zero-order chi connectivity index (χ0) is 17.5. The number of morpholine rings is 1. The molecule has 1 atom stereocenters. The van der Waals surface area contributed by atoms with E-state index in [0.717, 1.165) is 31.9 Å². The van der Waals surface area contributed by atoms with E-state index in [9.17, 15) is 4.79 Å². The average molecular weight is 342 g/mol. The molecule has 1 aliphatic rings. The van der Waals surface area contributed by atoms with Crippen molar-refractivity contribution in [2.75, 3.05) is 26.2 Å². The molecule has 1 aromatic carbocycles. The molecule has 0 unspecified atom stereocenters. The van der Waals surface area contributed by atoms with E-state index in [1.165, 1.54) is 5.56 Å². The van der Waals surface area contributed by atoms with Crippen LogP contribution in [0.5, 0.6) is 0 Å². The van der Waals surface area contributed by atoms with Gasteiger partial charge in [0.15, 0.2) is 0 Å². The van der Waals surface area contributed by atoms with Crippen LogP contribution in [0.2, 0.25) is 0 Å². The van der Waals surface area contributed by atoms with Crippen molar-refractivity contribution in [3.05, 3.63) is 54.1 Å². The molecule has 1 fully saturated rings. The van der Waals surface area contributed by atoms with Crippen LogP contribution in [0.3, 0.4) is 0 Å². The normalized spacial score (nSPS) is 18.2. The first-order chi connectivity index (χ1) is 12.2. The average Bonchev–Trinajstić information content (AvgIpc) is 3.04. The van der Waals surface area contributed by atoms with Gasteiger partial charge in [0.25, 0.3) is 0 Å². The fraction of sp³-hybridized carbons (Fsp3) is 0.474. The van der Waals surface area contributed by atoms with Gasteiger partial charge >= 0.3 is 0 Å². The minimum Gasteiger partial charge on any atom is -0.366 e. The van der Waals surface area contributed by atoms with Crippen molar-refractivity contribution in [3.63, 3.8) is 0 Å². The SMILES string of the molecule is Cc1nccn1CCCNC(=O)[C@H]1CN(Cc2ccccc2)CCO1. The summed E-state index contributed by atoms with van der Waals surface area (Å²) >= 11 is 0. The Labute approximate surface area is 148 Å². The van der Waals surface area contributed by atoms with Crippen molar-refractivity contribution in [1.82, 2.24) is 19.8 Å². The lowest BCUT2D eigenvalue weighted by Gasteiger charge is -2.32. The molecule has 134 valence electrons. The molecule has 6 nitrogen and oxygen atoms in total. The summed E-state index contributed by atoms with van der Waals surface area (Å²) in [7, 11) is 0. The molecule has 0 saturated carbocycles. The number of aromatic nitrogens is 2. The van der Waals surface area contributed by atoms with Gasteiger partial charge in [-0.2, -0.15) is 0 Å². The van der Waals surface area contributed by atoms with Gasteiger partial charge in [-0.3, -0.25) is 9.69 Å². The van der Waals surface area contributed by atoms with Gasteiger partial charge in [-0.15, -0.1) is 0 Å². The van der Waals surface area contributed by atoms with E-state index in [-0.39, 0.29) is 12.0 Å². The van der Waals surface area contributed by atoms with Crippen molar-refractivity contribution in [3.8, 4) is 0 Å². The predicted molar refractivity (Wildman–Crippen MR) is 96.0 cm³/mol. The second-order valence-corrected chi connectivity index (χ2v) is 6.39. The van der Waals surface area contributed by atoms with Crippen LogP contribution in [0.15, 0.2) is 42.7 Å². The number of nitrogens with zero attached hydrogens (tertiary/aromatic N) is 3. The summed E-state index contributed by atoms with van der Waals surface area (Å²) in [5, 5.41) is 2.99. The third-order valence-electron chi connectivity index (χ3n) is 4.49. The number of amides is 1. The monoisotopic (exact) mass is 342 g/mol. The summed E-state index contributed by atoms with van der Waals surface area (Å²) in [6.07, 6.45) is 4.25. The van der Waals surface area contributed by atoms with Crippen molar-refractivity contribution < 1.29 is 9.53 Å². The summed E-state index contributed by atoms with van der Waals surface area (Å²) in [6.45, 7) is 6.44. The first-order valence-corrected chi connectivity index (χ1v) is 8.86. The summed E-state index contributed by atoms with van der Waals surface area (Å²) in [4.78, 5) is 18.8. The second-order valence-electron chi connectivity index (χ2n) is 6.39. The van der Waals surface area contributed by atoms with E-state index in [4.69, 9.17) is 4.74 Å². The third kappa shape index (κ3) is 5.14. The molecule has 0 bridgehead atoms. The van der Waals surface area contributed by atoms with Gasteiger partial charge in [0.1, 0.15) is 11.9 Å². The van der Waals surface area contributed by atoms with Crippen LogP contribution in [-0.2, 0) is 22.6 Å². The maximum atomic E-state index is 12.3. The first-order valence-electron chi connectivity index (χ1n) is 8.86. The minimum absolute atomic E-state index is 0.0138. The Kier molecular flexibility index (Phi) is 6.19. The fourth-order valence-corrected chi connectivity index (χ4v) is 3.06. The van der Waals surface area contributed by atoms with Gasteiger partial charge in [0.2, 0.25) is 5.91 Å². The highest BCUT2D eigenvalue weighted by molar-refractivity contribution is 5.81. The van der Waals surface area contributed by atoms with Crippen molar-refractivity contribution in [2.24, 2.45) is 0 Å². The topological polar surface area (TPSA) is 59.4 Å². The number of benzene rings is 1. The van der Waals surface area contributed by atoms with E-state index in [1.54, 1.807) is 6.20 Å². The van der Waals surface area contributed by atoms with Crippen LogP contribution in [0, 0.1) is 6.92 Å². The molecule has 1 aromatic heterocycles. The number of rotatable bonds is 7. The zero-order valence-corrected chi connectivity index (χ0v) is 14.7. The molecule has 25 heavy (non-hydrogen) atoms. The van der Waals surface area contributed by atoms with Gasteiger partial charge in [-0.25, -0.2) is 4.98 Å². The molecule has 2 aromatic rings. The fourth-order valence-electron chi connectivity index (χ4n) is 3.06. The molecule has 1 aliphatic heterocycles. The molecule has 1 saturated heterocycles. The summed E-state index contributed by atoms with van der Waals surface area (Å²) in [5.41, 5.74) is 1.26. The van der Waals surface area contributed by atoms with E-state index in [0.29, 0.717) is 19.7 Å². The molecule has 6 heteroatoms. The summed E-state index contributed by atoms with van der Waals surface area (Å²) in [6, 6.07) is 10.3. The smallest absolute Gasteiger partial charge is 0.250 e. The van der Waals surface area contributed by atoms with Gasteiger partial charge < -0.3 is 14.6 Å². The Morgan fingerprint density at radius 3 is 2.96 bits per heavy atom. The van der Waals surface area contributed by atoms with Crippen LogP contribution >= 0.6 is 0 Å². The molecule has 1 amide bonds. The molecule has 1 N–H and O–H groups in total. The molecule has 0 radical (unpaired) electrons. The minimum atomic E-state index is -0.382. The van der Waals surface area contributed by atoms with Crippen LogP contribution in [0.1, 0.15) is 17.8 Å². The molecule has 2 heterocycles. The van der Waals surface area contributed by atoms with Crippen molar-refractivity contribution in [2.45, 2.75) is 32.5 Å². The third-order valence-corrected chi connectivity index (χ3v) is 4.49. The largest absolute Gasteiger partial charge is 0.366 e. The number of imidazole rings is 1. The van der Waals surface area contributed by atoms with Crippen molar-refractivity contribution in [1.29, 1.82) is 0 Å². The zero-order valence-electron chi connectivity index (χ0n) is 14.7. The highest BCUT2D eigenvalue weighted by Gasteiger charge is 2.26. The van der Waals surface area contributed by atoms with E-state index in [1.807, 2.05) is 31.3 Å². The Morgan fingerprint density at radius 2 is 2.20 bits per heavy atom. The van der Waals surface area contributed by atoms with Gasteiger partial charge in [0, 0.05) is 45.1 Å². The molecule has 0 aliphatic carbocycles. The molecule has 3 rings (SSSR count). The second kappa shape index (κ2) is 8.78. The van der Waals surface area contributed by atoms with Gasteiger partial charge in [0.05, 0.1) is 6.61 Å². The van der Waals surface area contributed by atoms with E-state index < -0.39 is 0 Å². The van der Waals surface area contributed by atoms with Crippen LogP contribution in [0.25, 0.3) is 0 Å². The molecule has 0 spiro atoms. The maximum Gasteiger partial charge on any atom is 0.250 e. The van der Waals surface area contributed by atoms with Crippen LogP contribution in [-0.4, -0.2) is 52.7 Å². The van der Waals surface area contributed by atoms with Gasteiger partial charge in [-0.05, 0) is 18.9 Å². The number of aryl methyl sites for hydroxylation is 2. The molecular weight excluding hydrogens is 316 g/mol. The number of nitrogens with one attached hydrogen (secondary N) is 1. The lowest BCUT2D eigenvalue weighted by molar-refractivity contribution is -0.138. The quantitative estimate of drug-likeness (QED) is 0.777. The molecular formula is C19H26N4O2. The van der Waals surface area contributed by atoms with Gasteiger partial charge in [-0.1, -0.05) is 30.3 Å². The standard InChI is InChI=1S/C19H26N4O2/c1-16-20-9-11-23(16)10-5-8-21-19(24)18-15-22(12-13-25-18)14-17-6-3-2-4-7-17/h2-4,6-7,9,11,18H,5,8,10,12-15H2,1H3,(H,21,24)/t18-/m1/s1. The highest BCUT2D eigenvalue weighted by Crippen LogP contribution is 2.10. The summed E-state index contributed by atoms with van der Waals surface area (Å²) < 4.78 is 7.75. The Hall–Kier alpha value is -2.18. The number of hydrogen-bond acceptors (Lipinski definition) is 4. The van der Waals surface area contributed by atoms with Crippen LogP contribution in [0.4, 0.5) is 0 Å². The Bertz CT molecular complexity index is 671. The Balaban J connectivity index is 1.40. The lowest BCUT2D eigenvalue weighted by atomic mass is 10.2. The van der Waals surface area contributed by atoms with Crippen molar-refractivity contribution >= 4 is 5.91 Å². The van der Waals surface area contributed by atoms with E-state index >= 15 is 0 Å². The summed E-state index contributed by atoms with van der Waals surface area (Å²) in [5.74, 6) is 0.985. The Morgan fingerprint density at radius 1 is 1.36 bits per heavy atom. The number of carbonyl (C=O) groups excluding carboxylic acids is 1. The highest BCUT2D eigenvalue weighted by atomic mass is 16.5. The predicted octanol–water partition coefficient (Wildman–Crippen LogP) is 1.60. The number of carbonyl (C=O) groups is 1. The number of ether oxygens (including phenoxy) is 1. The maximum absolute atomic E-state index is 12.3.